The molecule has 1 aromatic carbocycles. The van der Waals surface area contributed by atoms with E-state index in [9.17, 15) is 18.0 Å². The van der Waals surface area contributed by atoms with Crippen LogP contribution < -0.4 is 4.74 Å². The van der Waals surface area contributed by atoms with Gasteiger partial charge in [-0.1, -0.05) is 23.7 Å². The lowest BCUT2D eigenvalue weighted by molar-refractivity contribution is -0.142. The number of carbonyl (C=O) groups excluding carboxylic acids is 1. The van der Waals surface area contributed by atoms with Gasteiger partial charge in [0.1, 0.15) is 10.8 Å². The van der Waals surface area contributed by atoms with Crippen molar-refractivity contribution in [2.24, 2.45) is 0 Å². The number of aryl methyl sites for hydroxylation is 1. The van der Waals surface area contributed by atoms with Crippen LogP contribution >= 0.6 is 11.6 Å². The van der Waals surface area contributed by atoms with Gasteiger partial charge < -0.3 is 9.64 Å². The average molecular weight is 507 g/mol. The van der Waals surface area contributed by atoms with Crippen LogP contribution in [0.25, 0.3) is 16.9 Å². The molecule has 184 valence electrons. The van der Waals surface area contributed by atoms with E-state index in [0.29, 0.717) is 22.4 Å². The van der Waals surface area contributed by atoms with E-state index in [0.717, 1.165) is 17.3 Å². The Bertz CT molecular complexity index is 1410. The fourth-order valence-corrected chi connectivity index (χ4v) is 3.97. The Balaban J connectivity index is 1.79. The third-order valence-electron chi connectivity index (χ3n) is 5.65. The minimum Gasteiger partial charge on any atom is -0.497 e. The summed E-state index contributed by atoms with van der Waals surface area (Å²) in [6.07, 6.45) is -3.13. The number of aromatic nitrogens is 5. The number of benzene rings is 1. The summed E-state index contributed by atoms with van der Waals surface area (Å²) in [4.78, 5) is 18.8. The van der Waals surface area contributed by atoms with E-state index >= 15 is 0 Å². The molecule has 0 aliphatic rings. The number of alkyl halides is 3. The Labute approximate surface area is 203 Å². The van der Waals surface area contributed by atoms with Gasteiger partial charge in [0.2, 0.25) is 0 Å². The second-order valence-electron chi connectivity index (χ2n) is 7.89. The maximum absolute atomic E-state index is 14.0. The summed E-state index contributed by atoms with van der Waals surface area (Å²) in [6.45, 7) is 4.68. The topological polar surface area (TPSA) is 77.6 Å². The van der Waals surface area contributed by atoms with Crippen LogP contribution in [0.15, 0.2) is 36.5 Å². The van der Waals surface area contributed by atoms with Gasteiger partial charge in [-0.2, -0.15) is 23.4 Å². The molecule has 0 saturated heterocycles. The van der Waals surface area contributed by atoms with Crippen LogP contribution in [0.3, 0.4) is 0 Å². The highest BCUT2D eigenvalue weighted by Gasteiger charge is 2.37. The normalized spacial score (nSPS) is 11.8. The Kier molecular flexibility index (Phi) is 6.46. The first kappa shape index (κ1) is 24.5. The predicted octanol–water partition coefficient (Wildman–Crippen LogP) is 4.87. The maximum Gasteiger partial charge on any atom is 0.433 e. The van der Waals surface area contributed by atoms with E-state index in [1.807, 2.05) is 13.8 Å². The third-order valence-corrected chi connectivity index (χ3v) is 6.00. The van der Waals surface area contributed by atoms with Crippen LogP contribution in [-0.4, -0.2) is 49.3 Å². The summed E-state index contributed by atoms with van der Waals surface area (Å²) in [5.74, 6) is -0.184. The Morgan fingerprint density at radius 1 is 1.26 bits per heavy atom. The summed E-state index contributed by atoms with van der Waals surface area (Å²) < 4.78 is 49.4. The van der Waals surface area contributed by atoms with E-state index in [1.165, 1.54) is 19.1 Å². The number of hydrogen-bond acceptors (Lipinski definition) is 5. The van der Waals surface area contributed by atoms with Crippen molar-refractivity contribution in [2.45, 2.75) is 33.1 Å². The zero-order valence-electron chi connectivity index (χ0n) is 19.4. The molecule has 1 amide bonds. The van der Waals surface area contributed by atoms with Gasteiger partial charge in [0.15, 0.2) is 17.0 Å². The molecule has 3 aromatic heterocycles. The number of nitrogens with zero attached hydrogens (tertiary/aromatic N) is 6. The number of methoxy groups -OCH3 is 1. The first-order chi connectivity index (χ1) is 16.5. The lowest BCUT2D eigenvalue weighted by atomic mass is 10.1. The number of amides is 1. The lowest BCUT2D eigenvalue weighted by Gasteiger charge is -2.15. The van der Waals surface area contributed by atoms with Gasteiger partial charge in [0, 0.05) is 37.0 Å². The molecule has 0 unspecified atom stereocenters. The van der Waals surface area contributed by atoms with E-state index in [-0.39, 0.29) is 28.6 Å². The van der Waals surface area contributed by atoms with Crippen LogP contribution in [0, 0.1) is 6.92 Å². The zero-order chi connectivity index (χ0) is 25.5. The van der Waals surface area contributed by atoms with Gasteiger partial charge in [-0.15, -0.1) is 0 Å². The highest BCUT2D eigenvalue weighted by Crippen LogP contribution is 2.35. The molecule has 0 spiro atoms. The summed E-state index contributed by atoms with van der Waals surface area (Å²) in [5, 5.41) is 7.90. The molecule has 0 radical (unpaired) electrons. The van der Waals surface area contributed by atoms with Crippen molar-refractivity contribution in [3.63, 3.8) is 0 Å². The minimum absolute atomic E-state index is 0.0143. The first-order valence-corrected chi connectivity index (χ1v) is 11.0. The number of halogens is 4. The number of rotatable bonds is 6. The van der Waals surface area contributed by atoms with Crippen molar-refractivity contribution >= 4 is 23.2 Å². The molecule has 35 heavy (non-hydrogen) atoms. The highest BCUT2D eigenvalue weighted by molar-refractivity contribution is 6.36. The number of hydrogen-bond donors (Lipinski definition) is 0. The fourth-order valence-electron chi connectivity index (χ4n) is 3.73. The molecule has 4 rings (SSSR count). The molecule has 0 atom stereocenters. The summed E-state index contributed by atoms with van der Waals surface area (Å²) >= 11 is 6.40. The standard InChI is InChI=1S/C23H22ClF3N6O2/c1-5-32-13(2)15(11-28-32)12-31(3)22(34)20-19(24)21-29-17(14-7-6-8-16(9-14)35-4)10-18(23(25,26)27)33(21)30-20/h6-11H,5,12H2,1-4H3. The van der Waals surface area contributed by atoms with Crippen LogP contribution in [0.5, 0.6) is 5.75 Å². The van der Waals surface area contributed by atoms with Crippen LogP contribution in [0.4, 0.5) is 13.2 Å². The van der Waals surface area contributed by atoms with Crippen molar-refractivity contribution in [1.82, 2.24) is 29.3 Å². The lowest BCUT2D eigenvalue weighted by Crippen LogP contribution is -2.27. The second kappa shape index (κ2) is 9.21. The quantitative estimate of drug-likeness (QED) is 0.373. The van der Waals surface area contributed by atoms with Crippen LogP contribution in [0.1, 0.15) is 34.4 Å². The van der Waals surface area contributed by atoms with Gasteiger partial charge in [0.25, 0.3) is 5.91 Å². The van der Waals surface area contributed by atoms with Gasteiger partial charge >= 0.3 is 6.18 Å². The van der Waals surface area contributed by atoms with Crippen molar-refractivity contribution < 1.29 is 22.7 Å². The molecule has 0 N–H and O–H groups in total. The molecular formula is C23H22ClF3N6O2. The summed E-state index contributed by atoms with van der Waals surface area (Å²) in [6, 6.07) is 7.33. The average Bonchev–Trinajstić information content (AvgIpc) is 3.36. The van der Waals surface area contributed by atoms with Crippen LogP contribution in [0.2, 0.25) is 5.02 Å². The van der Waals surface area contributed by atoms with Crippen LogP contribution in [-0.2, 0) is 19.3 Å². The van der Waals surface area contributed by atoms with Crippen molar-refractivity contribution in [1.29, 1.82) is 0 Å². The first-order valence-electron chi connectivity index (χ1n) is 10.6. The molecule has 0 saturated carbocycles. The molecule has 8 nitrogen and oxygen atoms in total. The molecule has 0 bridgehead atoms. The van der Waals surface area contributed by atoms with E-state index in [4.69, 9.17) is 16.3 Å². The Hall–Kier alpha value is -3.60. The van der Waals surface area contributed by atoms with Gasteiger partial charge in [-0.25, -0.2) is 9.50 Å². The molecule has 12 heteroatoms. The number of fused-ring (bicyclic) bond motifs is 1. The Morgan fingerprint density at radius 2 is 2.00 bits per heavy atom. The third kappa shape index (κ3) is 4.55. The van der Waals surface area contributed by atoms with Crippen molar-refractivity contribution in [2.75, 3.05) is 14.2 Å². The predicted molar refractivity (Wildman–Crippen MR) is 123 cm³/mol. The van der Waals surface area contributed by atoms with Crippen molar-refractivity contribution in [3.8, 4) is 17.0 Å². The molecule has 4 aromatic rings. The smallest absolute Gasteiger partial charge is 0.433 e. The SMILES string of the molecule is CCn1ncc(CN(C)C(=O)c2nn3c(C(F)(F)F)cc(-c4cccc(OC)c4)nc3c2Cl)c1C. The minimum atomic E-state index is -4.78. The number of carbonyl (C=O) groups is 1. The highest BCUT2D eigenvalue weighted by atomic mass is 35.5. The molecule has 0 fully saturated rings. The summed E-state index contributed by atoms with van der Waals surface area (Å²) in [5.41, 5.74) is 0.392. The largest absolute Gasteiger partial charge is 0.497 e. The maximum atomic E-state index is 14.0. The monoisotopic (exact) mass is 506 g/mol. The zero-order valence-corrected chi connectivity index (χ0v) is 20.1. The van der Waals surface area contributed by atoms with E-state index in [1.54, 1.807) is 35.1 Å². The van der Waals surface area contributed by atoms with Gasteiger partial charge in [-0.3, -0.25) is 9.48 Å². The molecule has 0 aliphatic heterocycles. The fraction of sp³-hybridized carbons (Fsp3) is 0.304. The molecule has 0 aliphatic carbocycles. The number of ether oxygens (including phenoxy) is 1. The molecular weight excluding hydrogens is 485 g/mol. The Morgan fingerprint density at radius 3 is 2.63 bits per heavy atom. The van der Waals surface area contributed by atoms with Gasteiger partial charge in [0.05, 0.1) is 19.0 Å². The van der Waals surface area contributed by atoms with E-state index in [2.05, 4.69) is 15.2 Å². The van der Waals surface area contributed by atoms with Crippen molar-refractivity contribution in [3.05, 3.63) is 64.2 Å². The van der Waals surface area contributed by atoms with Gasteiger partial charge in [-0.05, 0) is 32.0 Å². The summed E-state index contributed by atoms with van der Waals surface area (Å²) in [7, 11) is 2.97. The molecule has 3 heterocycles. The second-order valence-corrected chi connectivity index (χ2v) is 8.26. The van der Waals surface area contributed by atoms with E-state index < -0.39 is 17.8 Å².